The van der Waals surface area contributed by atoms with E-state index >= 15 is 0 Å². The second-order valence-corrected chi connectivity index (χ2v) is 3.45. The molecule has 0 aliphatic carbocycles. The molecule has 0 N–H and O–H groups in total. The van der Waals surface area contributed by atoms with Gasteiger partial charge < -0.3 is 9.47 Å². The van der Waals surface area contributed by atoms with E-state index in [4.69, 9.17) is 0 Å². The molecule has 0 aliphatic heterocycles. The number of ether oxygens (including phenoxy) is 3. The van der Waals surface area contributed by atoms with Gasteiger partial charge in [-0.2, -0.15) is 30.7 Å². The van der Waals surface area contributed by atoms with Crippen LogP contribution in [0.2, 0.25) is 0 Å². The Labute approximate surface area is 110 Å². The van der Waals surface area contributed by atoms with E-state index in [0.717, 1.165) is 0 Å². The lowest BCUT2D eigenvalue weighted by atomic mass is 10.3. The van der Waals surface area contributed by atoms with Crippen LogP contribution in [0.5, 0.6) is 0 Å². The number of rotatable bonds is 6. The van der Waals surface area contributed by atoms with E-state index in [1.807, 2.05) is 0 Å². The van der Waals surface area contributed by atoms with Gasteiger partial charge in [0.2, 0.25) is 0 Å². The van der Waals surface area contributed by atoms with Crippen LogP contribution in [0.4, 0.5) is 44.3 Å². The average molecular weight is 338 g/mol. The first kappa shape index (κ1) is 19.6. The van der Waals surface area contributed by atoms with Gasteiger partial charge in [-0.15, -0.1) is 0 Å². The molecular formula is C8H7F9O4. The summed E-state index contributed by atoms with van der Waals surface area (Å²) in [5.74, 6) is -11.2. The molecule has 0 aromatic heterocycles. The molecule has 1 unspecified atom stereocenters. The maximum absolute atomic E-state index is 13.3. The van der Waals surface area contributed by atoms with Crippen molar-refractivity contribution in [2.75, 3.05) is 20.4 Å². The van der Waals surface area contributed by atoms with Crippen LogP contribution in [-0.4, -0.2) is 50.6 Å². The standard InChI is InChI=1S/C8H7F9O4/c1-19-4(18)20-3-5(10,2-9)21-8(16,17)6(11,12)7(13,14)15/h2-3H2,1H3. The van der Waals surface area contributed by atoms with Crippen molar-refractivity contribution in [3.63, 3.8) is 0 Å². The monoisotopic (exact) mass is 338 g/mol. The Hall–Kier alpha value is -1.40. The lowest BCUT2D eigenvalue weighted by molar-refractivity contribution is -0.457. The fourth-order valence-electron chi connectivity index (χ4n) is 0.780. The molecule has 0 saturated carbocycles. The van der Waals surface area contributed by atoms with Crippen LogP contribution in [0.3, 0.4) is 0 Å². The molecule has 0 saturated heterocycles. The molecule has 0 heterocycles. The average Bonchev–Trinajstić information content (AvgIpc) is 2.33. The molecule has 0 amide bonds. The zero-order valence-corrected chi connectivity index (χ0v) is 9.95. The van der Waals surface area contributed by atoms with Crippen LogP contribution >= 0.6 is 0 Å². The molecule has 0 bridgehead atoms. The van der Waals surface area contributed by atoms with Crippen LogP contribution in [0, 0.1) is 0 Å². The largest absolute Gasteiger partial charge is 0.508 e. The molecule has 0 rings (SSSR count). The Kier molecular flexibility index (Phi) is 5.74. The highest BCUT2D eigenvalue weighted by Crippen LogP contribution is 2.48. The van der Waals surface area contributed by atoms with Crippen molar-refractivity contribution in [3.8, 4) is 0 Å². The summed E-state index contributed by atoms with van der Waals surface area (Å²) in [5.41, 5.74) is 0. The Morgan fingerprint density at radius 3 is 1.81 bits per heavy atom. The lowest BCUT2D eigenvalue weighted by Gasteiger charge is -2.32. The summed E-state index contributed by atoms with van der Waals surface area (Å²) in [5, 5.41) is 0. The Bertz CT molecular complexity index is 369. The van der Waals surface area contributed by atoms with E-state index in [0.29, 0.717) is 7.11 Å². The Balaban J connectivity index is 5.14. The van der Waals surface area contributed by atoms with Crippen molar-refractivity contribution in [2.45, 2.75) is 24.1 Å². The highest BCUT2D eigenvalue weighted by molar-refractivity contribution is 5.59. The van der Waals surface area contributed by atoms with E-state index in [1.165, 1.54) is 0 Å². The van der Waals surface area contributed by atoms with E-state index in [1.54, 1.807) is 0 Å². The summed E-state index contributed by atoms with van der Waals surface area (Å²) >= 11 is 0. The third-order valence-corrected chi connectivity index (χ3v) is 1.80. The summed E-state index contributed by atoms with van der Waals surface area (Å²) in [6, 6.07) is 0. The maximum atomic E-state index is 13.3. The third kappa shape index (κ3) is 4.54. The fourth-order valence-corrected chi connectivity index (χ4v) is 0.780. The van der Waals surface area contributed by atoms with Crippen LogP contribution in [0.15, 0.2) is 0 Å². The van der Waals surface area contributed by atoms with Crippen molar-refractivity contribution in [2.24, 2.45) is 0 Å². The number of carbonyl (C=O) groups excluding carboxylic acids is 1. The zero-order valence-electron chi connectivity index (χ0n) is 9.95. The molecule has 0 aromatic rings. The molecule has 0 fully saturated rings. The minimum Gasteiger partial charge on any atom is -0.438 e. The minimum absolute atomic E-state index is 0.672. The van der Waals surface area contributed by atoms with E-state index in [9.17, 15) is 44.3 Å². The molecule has 4 nitrogen and oxygen atoms in total. The number of hydrogen-bond donors (Lipinski definition) is 0. The molecular weight excluding hydrogens is 331 g/mol. The molecule has 0 radical (unpaired) electrons. The molecule has 0 aliphatic rings. The normalized spacial score (nSPS) is 16.3. The van der Waals surface area contributed by atoms with Crippen LogP contribution in [-0.2, 0) is 14.2 Å². The van der Waals surface area contributed by atoms with Gasteiger partial charge in [-0.3, -0.25) is 4.74 Å². The minimum atomic E-state index is -6.81. The summed E-state index contributed by atoms with van der Waals surface area (Å²) in [7, 11) is 0.672. The SMILES string of the molecule is COC(=O)OCC(F)(CF)OC(F)(F)C(F)(F)C(F)(F)F. The number of halogens is 9. The van der Waals surface area contributed by atoms with E-state index in [2.05, 4.69) is 14.2 Å². The lowest BCUT2D eigenvalue weighted by Crippen LogP contribution is -2.57. The maximum Gasteiger partial charge on any atom is 0.508 e. The van der Waals surface area contributed by atoms with E-state index < -0.39 is 43.5 Å². The molecule has 1 atom stereocenters. The number of alkyl halides is 9. The number of hydrogen-bond acceptors (Lipinski definition) is 4. The van der Waals surface area contributed by atoms with Crippen molar-refractivity contribution in [3.05, 3.63) is 0 Å². The predicted octanol–water partition coefficient (Wildman–Crippen LogP) is 3.21. The third-order valence-electron chi connectivity index (χ3n) is 1.80. The summed E-state index contributed by atoms with van der Waals surface area (Å²) in [4.78, 5) is 10.4. The van der Waals surface area contributed by atoms with Gasteiger partial charge in [-0.05, 0) is 0 Å². The van der Waals surface area contributed by atoms with Gasteiger partial charge in [0.1, 0.15) is 0 Å². The van der Waals surface area contributed by atoms with Crippen molar-refractivity contribution in [1.82, 2.24) is 0 Å². The number of methoxy groups -OCH3 is 1. The van der Waals surface area contributed by atoms with Crippen LogP contribution in [0.1, 0.15) is 0 Å². The fraction of sp³-hybridized carbons (Fsp3) is 0.875. The molecule has 0 aromatic carbocycles. The second-order valence-electron chi connectivity index (χ2n) is 3.45. The van der Waals surface area contributed by atoms with Crippen LogP contribution < -0.4 is 0 Å². The molecule has 126 valence electrons. The topological polar surface area (TPSA) is 44.8 Å². The molecule has 0 spiro atoms. The Morgan fingerprint density at radius 2 is 1.48 bits per heavy atom. The molecule has 21 heavy (non-hydrogen) atoms. The highest BCUT2D eigenvalue weighted by Gasteiger charge is 2.76. The summed E-state index contributed by atoms with van der Waals surface area (Å²) in [6.45, 7) is -4.65. The Morgan fingerprint density at radius 1 is 1.00 bits per heavy atom. The molecule has 13 heteroatoms. The highest BCUT2D eigenvalue weighted by atomic mass is 19.4. The van der Waals surface area contributed by atoms with Gasteiger partial charge in [0.05, 0.1) is 7.11 Å². The first-order valence-electron chi connectivity index (χ1n) is 4.70. The van der Waals surface area contributed by atoms with Gasteiger partial charge in [0.25, 0.3) is 5.85 Å². The predicted molar refractivity (Wildman–Crippen MR) is 45.2 cm³/mol. The first-order chi connectivity index (χ1) is 9.22. The van der Waals surface area contributed by atoms with Crippen molar-refractivity contribution in [1.29, 1.82) is 0 Å². The van der Waals surface area contributed by atoms with Gasteiger partial charge in [-0.25, -0.2) is 13.6 Å². The second kappa shape index (κ2) is 6.15. The van der Waals surface area contributed by atoms with Gasteiger partial charge in [-0.1, -0.05) is 0 Å². The van der Waals surface area contributed by atoms with Gasteiger partial charge >= 0.3 is 24.4 Å². The first-order valence-corrected chi connectivity index (χ1v) is 4.70. The summed E-state index contributed by atoms with van der Waals surface area (Å²) in [6.07, 6.45) is -15.0. The van der Waals surface area contributed by atoms with Crippen LogP contribution in [0.25, 0.3) is 0 Å². The number of carbonyl (C=O) groups is 1. The quantitative estimate of drug-likeness (QED) is 0.551. The van der Waals surface area contributed by atoms with E-state index in [-0.39, 0.29) is 0 Å². The summed E-state index contributed by atoms with van der Waals surface area (Å²) < 4.78 is 121. The van der Waals surface area contributed by atoms with Gasteiger partial charge in [0, 0.05) is 0 Å². The smallest absolute Gasteiger partial charge is 0.438 e. The van der Waals surface area contributed by atoms with Crippen molar-refractivity contribution >= 4 is 6.16 Å². The van der Waals surface area contributed by atoms with Crippen molar-refractivity contribution < 1.29 is 58.5 Å². The zero-order chi connectivity index (χ0) is 17.1. The van der Waals surface area contributed by atoms with Gasteiger partial charge in [0.15, 0.2) is 13.3 Å².